The van der Waals surface area contributed by atoms with Gasteiger partial charge in [-0.15, -0.1) is 0 Å². The van der Waals surface area contributed by atoms with Gasteiger partial charge in [-0.2, -0.15) is 0 Å². The summed E-state index contributed by atoms with van der Waals surface area (Å²) in [6, 6.07) is 1.66. The Morgan fingerprint density at radius 2 is 1.58 bits per heavy atom. The topological polar surface area (TPSA) is 228 Å². The van der Waals surface area contributed by atoms with E-state index < -0.39 is 56.3 Å². The molecule has 2 unspecified atom stereocenters. The molecule has 1 amide bonds. The summed E-state index contributed by atoms with van der Waals surface area (Å²) in [7, 11) is -11.4. The van der Waals surface area contributed by atoms with Gasteiger partial charge >= 0.3 is 37.2 Å². The third-order valence-electron chi connectivity index (χ3n) is 3.23. The molecule has 8 N–H and O–H groups in total. The van der Waals surface area contributed by atoms with Crippen molar-refractivity contribution in [3.63, 3.8) is 0 Å². The molecule has 0 saturated carbocycles. The summed E-state index contributed by atoms with van der Waals surface area (Å²) in [6.45, 7) is -0.371. The van der Waals surface area contributed by atoms with Gasteiger partial charge in [0.15, 0.2) is 24.8 Å². The number of aromatic hydroxyl groups is 3. The van der Waals surface area contributed by atoms with Crippen LogP contribution in [0, 0.1) is 0 Å². The van der Waals surface area contributed by atoms with Crippen molar-refractivity contribution in [2.75, 3.05) is 6.54 Å². The first kappa shape index (κ1) is 25.4. The molecule has 0 bridgehead atoms. The fraction of sp³-hybridized carbons (Fsp3) is 0.364. The van der Waals surface area contributed by atoms with Gasteiger partial charge in [0.1, 0.15) is 0 Å². The summed E-state index contributed by atoms with van der Waals surface area (Å²) in [5, 5.41) is 35.8. The quantitative estimate of drug-likeness (QED) is 0.0905. The Balaban J connectivity index is 0.00000625. The fourth-order valence-electron chi connectivity index (χ4n) is 1.82. The van der Waals surface area contributed by atoms with Crippen LogP contribution in [0.25, 0.3) is 0 Å². The van der Waals surface area contributed by atoms with Gasteiger partial charge in [0, 0.05) is 12.1 Å². The van der Waals surface area contributed by atoms with Gasteiger partial charge in [0.2, 0.25) is 5.08 Å². The maximum Gasteiger partial charge on any atom is 1.00 e. The number of aliphatic hydroxyl groups is 1. The van der Waals surface area contributed by atoms with E-state index in [0.717, 1.165) is 12.1 Å². The standard InChI is InChI=1S/C11H17NO11P2.Na/c13-7-4-6(5-8(14)9(7)15)10(16)12-3-1-2-11(17,24(18,19)20)25(21,22)23;/h4-5,13-15,17H,1-3H2,(H,12,16)(H2,18,19,20)(H2,21,22,23);/q;+1/p-1. The number of carbonyl (C=O) groups is 1. The molecule has 15 heteroatoms. The molecule has 0 aromatic heterocycles. The molecule has 0 aliphatic carbocycles. The molecule has 0 aliphatic heterocycles. The van der Waals surface area contributed by atoms with Crippen molar-refractivity contribution in [2.45, 2.75) is 17.9 Å². The zero-order valence-electron chi connectivity index (χ0n) is 13.4. The summed E-state index contributed by atoms with van der Waals surface area (Å²) >= 11 is 0. The summed E-state index contributed by atoms with van der Waals surface area (Å²) in [6.07, 6.45) is -1.52. The van der Waals surface area contributed by atoms with E-state index in [1.807, 2.05) is 0 Å². The number of benzene rings is 1. The maximum atomic E-state index is 11.8. The molecule has 1 rings (SSSR count). The molecule has 142 valence electrons. The summed E-state index contributed by atoms with van der Waals surface area (Å²) in [4.78, 5) is 49.5. The molecule has 1 aromatic rings. The Morgan fingerprint density at radius 3 is 1.96 bits per heavy atom. The smallest absolute Gasteiger partial charge is 0.776 e. The van der Waals surface area contributed by atoms with E-state index in [4.69, 9.17) is 19.8 Å². The van der Waals surface area contributed by atoms with Crippen molar-refractivity contribution in [3.05, 3.63) is 17.7 Å². The minimum absolute atomic E-state index is 0. The van der Waals surface area contributed by atoms with Crippen LogP contribution in [0.5, 0.6) is 17.2 Å². The number of rotatable bonds is 7. The fourth-order valence-corrected chi connectivity index (χ4v) is 4.02. The van der Waals surface area contributed by atoms with Crippen molar-refractivity contribution in [1.82, 2.24) is 5.32 Å². The predicted molar refractivity (Wildman–Crippen MR) is 79.8 cm³/mol. The van der Waals surface area contributed by atoms with E-state index in [0.29, 0.717) is 0 Å². The first-order valence-corrected chi connectivity index (χ1v) is 9.75. The third kappa shape index (κ3) is 5.67. The average molecular weight is 423 g/mol. The van der Waals surface area contributed by atoms with E-state index in [9.17, 15) is 34.1 Å². The second-order valence-electron chi connectivity index (χ2n) is 5.06. The Bertz CT molecular complexity index is 714. The first-order chi connectivity index (χ1) is 11.2. The number of hydrogen-bond donors (Lipinski definition) is 8. The molecule has 2 atom stereocenters. The first-order valence-electron chi connectivity index (χ1n) is 6.56. The molecule has 0 radical (unpaired) electrons. The largest absolute Gasteiger partial charge is 1.00 e. The van der Waals surface area contributed by atoms with Crippen molar-refractivity contribution >= 4 is 21.1 Å². The van der Waals surface area contributed by atoms with E-state index in [1.165, 1.54) is 0 Å². The van der Waals surface area contributed by atoms with Gasteiger partial charge in [-0.25, -0.2) is 0 Å². The molecule has 1 aromatic carbocycles. The van der Waals surface area contributed by atoms with Gasteiger partial charge in [-0.05, 0) is 25.0 Å². The molecule has 0 fully saturated rings. The van der Waals surface area contributed by atoms with Crippen molar-refractivity contribution in [1.29, 1.82) is 0 Å². The van der Waals surface area contributed by atoms with Crippen LogP contribution in [0.15, 0.2) is 12.1 Å². The normalized spacial score (nSPS) is 16.0. The SMILES string of the molecule is O=C(NCCCC(O)(P(=O)([O-])O)P(=O)(O)O)c1cc(O)c(O)c(O)c1.[Na+]. The van der Waals surface area contributed by atoms with E-state index in [2.05, 4.69) is 5.32 Å². The molecular formula is C11H16NNaO11P2. The van der Waals surface area contributed by atoms with E-state index >= 15 is 0 Å². The van der Waals surface area contributed by atoms with Crippen LogP contribution < -0.4 is 39.8 Å². The molecule has 0 saturated heterocycles. The van der Waals surface area contributed by atoms with Crippen LogP contribution in [-0.4, -0.2) is 52.6 Å². The van der Waals surface area contributed by atoms with Gasteiger partial charge < -0.3 is 49.9 Å². The van der Waals surface area contributed by atoms with E-state index in [-0.39, 0.29) is 41.7 Å². The zero-order chi connectivity index (χ0) is 19.6. The van der Waals surface area contributed by atoms with Crippen LogP contribution in [0.2, 0.25) is 0 Å². The molecular weight excluding hydrogens is 407 g/mol. The monoisotopic (exact) mass is 423 g/mol. The van der Waals surface area contributed by atoms with Gasteiger partial charge in [-0.3, -0.25) is 9.36 Å². The average Bonchev–Trinajstić information content (AvgIpc) is 2.45. The number of phenols is 3. The summed E-state index contributed by atoms with van der Waals surface area (Å²) in [5.41, 5.74) is -0.269. The Kier molecular flexibility index (Phi) is 8.80. The van der Waals surface area contributed by atoms with Crippen LogP contribution >= 0.6 is 15.2 Å². The van der Waals surface area contributed by atoms with Gasteiger partial charge in [0.25, 0.3) is 5.91 Å². The van der Waals surface area contributed by atoms with Crippen molar-refractivity contribution in [2.24, 2.45) is 0 Å². The Labute approximate surface area is 169 Å². The van der Waals surface area contributed by atoms with Crippen molar-refractivity contribution in [3.8, 4) is 17.2 Å². The third-order valence-corrected chi connectivity index (χ3v) is 7.05. The predicted octanol–water partition coefficient (Wildman–Crippen LogP) is -4.31. The van der Waals surface area contributed by atoms with Crippen LogP contribution in [0.4, 0.5) is 0 Å². The van der Waals surface area contributed by atoms with Crippen molar-refractivity contribution < 1.29 is 83.5 Å². The minimum Gasteiger partial charge on any atom is -0.776 e. The molecule has 12 nitrogen and oxygen atoms in total. The Morgan fingerprint density at radius 1 is 1.12 bits per heavy atom. The number of carbonyl (C=O) groups excluding carboxylic acids is 1. The van der Waals surface area contributed by atoms with Gasteiger partial charge in [-0.1, -0.05) is 0 Å². The summed E-state index contributed by atoms with van der Waals surface area (Å²) < 4.78 is 22.1. The molecule has 0 aliphatic rings. The summed E-state index contributed by atoms with van der Waals surface area (Å²) in [5.74, 6) is -3.25. The second kappa shape index (κ2) is 9.03. The maximum absolute atomic E-state index is 11.8. The van der Waals surface area contributed by atoms with Crippen LogP contribution in [0.3, 0.4) is 0 Å². The van der Waals surface area contributed by atoms with E-state index in [1.54, 1.807) is 0 Å². The Hall–Kier alpha value is -0.650. The number of hydrogen-bond acceptors (Lipinski definition) is 8. The molecule has 0 spiro atoms. The molecule has 26 heavy (non-hydrogen) atoms. The van der Waals surface area contributed by atoms with Gasteiger partial charge in [0.05, 0.1) is 0 Å². The number of phenolic OH excluding ortho intramolecular Hbond substituents is 3. The zero-order valence-corrected chi connectivity index (χ0v) is 17.2. The minimum atomic E-state index is -5.81. The number of nitrogens with one attached hydrogen (secondary N) is 1. The van der Waals surface area contributed by atoms with Crippen LogP contribution in [0.1, 0.15) is 23.2 Å². The van der Waals surface area contributed by atoms with Crippen LogP contribution in [-0.2, 0) is 9.13 Å². The molecule has 0 heterocycles. The number of amides is 1. The second-order valence-corrected chi connectivity index (χ2v) is 9.02.